The second kappa shape index (κ2) is 12.6. The van der Waals surface area contributed by atoms with Crippen molar-refractivity contribution in [3.8, 4) is 5.75 Å². The molecule has 0 aromatic heterocycles. The zero-order valence-electron chi connectivity index (χ0n) is 18.9. The molecular weight excluding hydrogens is 464 g/mol. The number of ether oxygens (including phenoxy) is 1. The lowest BCUT2D eigenvalue weighted by Gasteiger charge is -2.22. The van der Waals surface area contributed by atoms with Crippen LogP contribution in [0, 0.1) is 6.92 Å². The average molecular weight is 495 g/mol. The van der Waals surface area contributed by atoms with E-state index in [9.17, 15) is 23.1 Å². The van der Waals surface area contributed by atoms with Crippen molar-refractivity contribution in [1.29, 1.82) is 0 Å². The number of nitrogens with one attached hydrogen (secondary N) is 2. The van der Waals surface area contributed by atoms with Gasteiger partial charge in [0.1, 0.15) is 17.8 Å². The number of phenolic OH excluding ortho intramolecular Hbond substituents is 1. The molecule has 0 aliphatic rings. The molecule has 0 bridgehead atoms. The number of carbonyl (C=O) groups excluding carboxylic acids is 2. The van der Waals surface area contributed by atoms with Crippen LogP contribution in [0.25, 0.3) is 0 Å². The van der Waals surface area contributed by atoms with E-state index in [0.29, 0.717) is 17.7 Å². The topological polar surface area (TPSA) is 122 Å². The van der Waals surface area contributed by atoms with E-state index in [1.807, 2.05) is 13.2 Å². The monoisotopic (exact) mass is 494 g/mol. The molecule has 0 fully saturated rings. The highest BCUT2D eigenvalue weighted by atomic mass is 32.2. The summed E-state index contributed by atoms with van der Waals surface area (Å²) in [6, 6.07) is 10.3. The summed E-state index contributed by atoms with van der Waals surface area (Å²) in [6.07, 6.45) is 2.25. The van der Waals surface area contributed by atoms with E-state index in [-0.39, 0.29) is 23.7 Å². The first kappa shape index (κ1) is 26.7. The summed E-state index contributed by atoms with van der Waals surface area (Å²) in [6.45, 7) is 3.69. The van der Waals surface area contributed by atoms with E-state index in [1.165, 1.54) is 36.0 Å². The van der Waals surface area contributed by atoms with E-state index in [2.05, 4.69) is 10.0 Å². The van der Waals surface area contributed by atoms with Gasteiger partial charge in [-0.15, -0.1) is 0 Å². The lowest BCUT2D eigenvalue weighted by Crippen LogP contribution is -2.52. The molecule has 33 heavy (non-hydrogen) atoms. The van der Waals surface area contributed by atoms with Gasteiger partial charge in [0.2, 0.25) is 15.9 Å². The molecule has 2 atom stereocenters. The highest BCUT2D eigenvalue weighted by Crippen LogP contribution is 2.15. The first-order valence-corrected chi connectivity index (χ1v) is 13.4. The van der Waals surface area contributed by atoms with Gasteiger partial charge in [0, 0.05) is 0 Å². The standard InChI is InChI=1S/C23H30N2O6S2/c1-4-31-23(28)20(13-14-32-3)24-22(27)21(15-17-7-9-18(26)10-8-17)25-33(29,30)19-11-5-16(2)6-12-19/h5-12,20-21,25-26H,4,13-15H2,1-3H3,(H,24,27). The fraction of sp³-hybridized carbons (Fsp3) is 0.391. The maximum atomic E-state index is 13.2. The van der Waals surface area contributed by atoms with Crippen LogP contribution < -0.4 is 10.0 Å². The SMILES string of the molecule is CCOC(=O)C(CCSC)NC(=O)C(Cc1ccc(O)cc1)NS(=O)(=O)c1ccc(C)cc1. The molecule has 2 aromatic carbocycles. The molecule has 0 spiro atoms. The normalized spacial score (nSPS) is 13.2. The molecule has 1 amide bonds. The Hall–Kier alpha value is -2.56. The van der Waals surface area contributed by atoms with Crippen molar-refractivity contribution in [1.82, 2.24) is 10.0 Å². The van der Waals surface area contributed by atoms with E-state index < -0.39 is 34.0 Å². The molecule has 0 saturated carbocycles. The summed E-state index contributed by atoms with van der Waals surface area (Å²) in [7, 11) is -4.01. The predicted molar refractivity (Wildman–Crippen MR) is 129 cm³/mol. The molecule has 0 aliphatic carbocycles. The number of thioether (sulfide) groups is 1. The Morgan fingerprint density at radius 3 is 2.27 bits per heavy atom. The molecule has 3 N–H and O–H groups in total. The van der Waals surface area contributed by atoms with Gasteiger partial charge in [-0.05, 0) is 68.5 Å². The fourth-order valence-electron chi connectivity index (χ4n) is 3.03. The minimum absolute atomic E-state index is 0.0231. The zero-order chi connectivity index (χ0) is 24.4. The number of aromatic hydroxyl groups is 1. The van der Waals surface area contributed by atoms with Crippen LogP contribution in [0.5, 0.6) is 5.75 Å². The van der Waals surface area contributed by atoms with E-state index >= 15 is 0 Å². The van der Waals surface area contributed by atoms with Gasteiger partial charge >= 0.3 is 5.97 Å². The molecule has 8 nitrogen and oxygen atoms in total. The lowest BCUT2D eigenvalue weighted by molar-refractivity contribution is -0.147. The van der Waals surface area contributed by atoms with E-state index in [4.69, 9.17) is 4.74 Å². The summed E-state index contributed by atoms with van der Waals surface area (Å²) in [5.41, 5.74) is 1.54. The number of hydrogen-bond acceptors (Lipinski definition) is 7. The third-order valence-corrected chi connectivity index (χ3v) is 6.95. The summed E-state index contributed by atoms with van der Waals surface area (Å²) in [5.74, 6) is -0.538. The summed E-state index contributed by atoms with van der Waals surface area (Å²) in [4.78, 5) is 25.5. The largest absolute Gasteiger partial charge is 0.508 e. The molecule has 2 unspecified atom stereocenters. The van der Waals surface area contributed by atoms with Crippen molar-refractivity contribution < 1.29 is 27.9 Å². The minimum atomic E-state index is -4.01. The number of carbonyl (C=O) groups is 2. The van der Waals surface area contributed by atoms with Gasteiger partial charge in [0.25, 0.3) is 0 Å². The molecule has 0 heterocycles. The van der Waals surface area contributed by atoms with Crippen molar-refractivity contribution in [3.63, 3.8) is 0 Å². The number of sulfonamides is 1. The van der Waals surface area contributed by atoms with Crippen molar-refractivity contribution in [3.05, 3.63) is 59.7 Å². The Labute approximate surface area is 199 Å². The highest BCUT2D eigenvalue weighted by Gasteiger charge is 2.30. The van der Waals surface area contributed by atoms with Gasteiger partial charge < -0.3 is 15.2 Å². The molecule has 2 aromatic rings. The Morgan fingerprint density at radius 1 is 1.06 bits per heavy atom. The molecule has 2 rings (SSSR count). The second-order valence-corrected chi connectivity index (χ2v) is 10.2. The van der Waals surface area contributed by atoms with Crippen LogP contribution in [0.1, 0.15) is 24.5 Å². The molecule has 0 saturated heterocycles. The van der Waals surface area contributed by atoms with Crippen LogP contribution in [0.15, 0.2) is 53.4 Å². The van der Waals surface area contributed by atoms with Gasteiger partial charge in [0.15, 0.2) is 0 Å². The fourth-order valence-corrected chi connectivity index (χ4v) is 4.69. The maximum absolute atomic E-state index is 13.2. The van der Waals surface area contributed by atoms with Gasteiger partial charge in [-0.1, -0.05) is 29.8 Å². The second-order valence-electron chi connectivity index (χ2n) is 7.45. The lowest BCUT2D eigenvalue weighted by atomic mass is 10.1. The Kier molecular flexibility index (Phi) is 10.2. The highest BCUT2D eigenvalue weighted by molar-refractivity contribution is 7.98. The van der Waals surface area contributed by atoms with Crippen LogP contribution >= 0.6 is 11.8 Å². The van der Waals surface area contributed by atoms with Crippen molar-refractivity contribution >= 4 is 33.7 Å². The van der Waals surface area contributed by atoms with Crippen LogP contribution in [0.3, 0.4) is 0 Å². The number of hydrogen-bond donors (Lipinski definition) is 3. The Morgan fingerprint density at radius 2 is 1.70 bits per heavy atom. The molecular formula is C23H30N2O6S2. The zero-order valence-corrected chi connectivity index (χ0v) is 20.5. The smallest absolute Gasteiger partial charge is 0.328 e. The van der Waals surface area contributed by atoms with Gasteiger partial charge in [-0.2, -0.15) is 16.5 Å². The molecule has 180 valence electrons. The quantitative estimate of drug-likeness (QED) is 0.387. The van der Waals surface area contributed by atoms with Crippen molar-refractivity contribution in [2.45, 2.75) is 43.7 Å². The third-order valence-electron chi connectivity index (χ3n) is 4.82. The van der Waals surface area contributed by atoms with Gasteiger partial charge in [-0.25, -0.2) is 13.2 Å². The van der Waals surface area contributed by atoms with Crippen LogP contribution in [0.4, 0.5) is 0 Å². The van der Waals surface area contributed by atoms with E-state index in [1.54, 1.807) is 31.2 Å². The number of esters is 1. The predicted octanol–water partition coefficient (Wildman–Crippen LogP) is 2.39. The maximum Gasteiger partial charge on any atom is 0.328 e. The van der Waals surface area contributed by atoms with E-state index in [0.717, 1.165) is 5.56 Å². The van der Waals surface area contributed by atoms with Gasteiger partial charge in [-0.3, -0.25) is 4.79 Å². The Balaban J connectivity index is 2.29. The van der Waals surface area contributed by atoms with Crippen molar-refractivity contribution in [2.75, 3.05) is 18.6 Å². The minimum Gasteiger partial charge on any atom is -0.508 e. The first-order valence-electron chi connectivity index (χ1n) is 10.5. The first-order chi connectivity index (χ1) is 15.7. The molecule has 10 heteroatoms. The number of benzene rings is 2. The summed E-state index contributed by atoms with van der Waals surface area (Å²) in [5, 5.41) is 12.2. The molecule has 0 aliphatic heterocycles. The summed E-state index contributed by atoms with van der Waals surface area (Å²) < 4.78 is 33.5. The molecule has 0 radical (unpaired) electrons. The van der Waals surface area contributed by atoms with Gasteiger partial charge in [0.05, 0.1) is 11.5 Å². The number of amides is 1. The number of rotatable bonds is 12. The number of phenols is 1. The van der Waals surface area contributed by atoms with Crippen LogP contribution in [0.2, 0.25) is 0 Å². The number of aryl methyl sites for hydroxylation is 1. The van der Waals surface area contributed by atoms with Crippen LogP contribution in [-0.4, -0.2) is 56.1 Å². The van der Waals surface area contributed by atoms with Crippen molar-refractivity contribution in [2.24, 2.45) is 0 Å². The average Bonchev–Trinajstić information content (AvgIpc) is 2.77. The Bertz CT molecular complexity index is 1020. The third kappa shape index (κ3) is 8.38. The summed E-state index contributed by atoms with van der Waals surface area (Å²) >= 11 is 1.52. The van der Waals surface area contributed by atoms with Crippen LogP contribution in [-0.2, 0) is 30.8 Å².